The molecule has 1 unspecified atom stereocenters. The van der Waals surface area contributed by atoms with Gasteiger partial charge in [0.1, 0.15) is 17.1 Å². The van der Waals surface area contributed by atoms with Crippen LogP contribution in [0.25, 0.3) is 11.2 Å². The van der Waals surface area contributed by atoms with Crippen LogP contribution in [0.2, 0.25) is 0 Å². The van der Waals surface area contributed by atoms with Crippen LogP contribution in [0.1, 0.15) is 73.5 Å². The van der Waals surface area contributed by atoms with Crippen molar-refractivity contribution in [3.8, 4) is 5.75 Å². The number of aromatic nitrogens is 4. The normalized spacial score (nSPS) is 19.0. The number of pyridine rings is 1. The Morgan fingerprint density at radius 3 is 2.56 bits per heavy atom. The van der Waals surface area contributed by atoms with E-state index < -0.39 is 6.61 Å². The standard InChI is InChI=1S/C28H31F2N5O/c29-28(30)36-22-10-5-9-21(16-22)23(24-17-25(31)32-27-26(24)33-35-34-27)11-4-6-18-12-14-20(15-13-18)19-7-2-1-3-8-19/h1-3,5,7-10,16-18,20,23,28H,4,6,11-15H2,(H3,31,32,33,34,35). The second-order valence-electron chi connectivity index (χ2n) is 9.69. The molecule has 8 heteroatoms. The zero-order valence-corrected chi connectivity index (χ0v) is 20.1. The van der Waals surface area contributed by atoms with Crippen LogP contribution in [-0.2, 0) is 0 Å². The molecule has 1 fully saturated rings. The van der Waals surface area contributed by atoms with Gasteiger partial charge in [-0.3, -0.25) is 0 Å². The third kappa shape index (κ3) is 5.64. The number of H-pyrrole nitrogens is 1. The number of hydrogen-bond acceptors (Lipinski definition) is 5. The fourth-order valence-corrected chi connectivity index (χ4v) is 5.67. The zero-order valence-electron chi connectivity index (χ0n) is 20.1. The minimum Gasteiger partial charge on any atom is -0.435 e. The van der Waals surface area contributed by atoms with Crippen LogP contribution in [0.3, 0.4) is 0 Å². The molecule has 0 aliphatic heterocycles. The predicted molar refractivity (Wildman–Crippen MR) is 136 cm³/mol. The second-order valence-corrected chi connectivity index (χ2v) is 9.69. The van der Waals surface area contributed by atoms with Crippen molar-refractivity contribution in [1.29, 1.82) is 0 Å². The number of aromatic amines is 1. The summed E-state index contributed by atoms with van der Waals surface area (Å²) in [6, 6.07) is 19.5. The summed E-state index contributed by atoms with van der Waals surface area (Å²) in [5.41, 5.74) is 10.4. The summed E-state index contributed by atoms with van der Waals surface area (Å²) in [6.07, 6.45) is 7.90. The summed E-state index contributed by atoms with van der Waals surface area (Å²) >= 11 is 0. The van der Waals surface area contributed by atoms with Gasteiger partial charge in [0, 0.05) is 5.92 Å². The van der Waals surface area contributed by atoms with Gasteiger partial charge in [-0.25, -0.2) is 4.98 Å². The van der Waals surface area contributed by atoms with E-state index in [1.54, 1.807) is 18.2 Å². The molecule has 4 aromatic rings. The van der Waals surface area contributed by atoms with Crippen LogP contribution >= 0.6 is 0 Å². The van der Waals surface area contributed by atoms with Crippen LogP contribution in [0.15, 0.2) is 60.7 Å². The topological polar surface area (TPSA) is 89.7 Å². The van der Waals surface area contributed by atoms with Crippen LogP contribution < -0.4 is 10.5 Å². The van der Waals surface area contributed by atoms with Crippen molar-refractivity contribution < 1.29 is 13.5 Å². The van der Waals surface area contributed by atoms with Gasteiger partial charge in [-0.2, -0.15) is 19.1 Å². The zero-order chi connectivity index (χ0) is 24.9. The molecule has 0 radical (unpaired) electrons. The molecule has 188 valence electrons. The van der Waals surface area contributed by atoms with Crippen LogP contribution in [-0.4, -0.2) is 27.0 Å². The number of anilines is 1. The lowest BCUT2D eigenvalue weighted by Gasteiger charge is -2.29. The highest BCUT2D eigenvalue weighted by molar-refractivity contribution is 5.77. The largest absolute Gasteiger partial charge is 0.435 e. The molecule has 0 bridgehead atoms. The van der Waals surface area contributed by atoms with Gasteiger partial charge in [0.05, 0.1) is 0 Å². The minimum absolute atomic E-state index is 0.0928. The summed E-state index contributed by atoms with van der Waals surface area (Å²) < 4.78 is 30.4. The maximum atomic E-state index is 12.9. The van der Waals surface area contributed by atoms with Crippen molar-refractivity contribution in [1.82, 2.24) is 20.4 Å². The first-order chi connectivity index (χ1) is 17.6. The Labute approximate surface area is 209 Å². The fourth-order valence-electron chi connectivity index (χ4n) is 5.67. The van der Waals surface area contributed by atoms with Gasteiger partial charge in [0.15, 0.2) is 0 Å². The van der Waals surface area contributed by atoms with E-state index in [2.05, 4.69) is 55.5 Å². The van der Waals surface area contributed by atoms with E-state index in [0.717, 1.165) is 30.4 Å². The quantitative estimate of drug-likeness (QED) is 0.268. The van der Waals surface area contributed by atoms with Gasteiger partial charge in [-0.15, -0.1) is 5.10 Å². The Morgan fingerprint density at radius 2 is 1.78 bits per heavy atom. The molecule has 6 nitrogen and oxygen atoms in total. The number of benzene rings is 2. The third-order valence-corrected chi connectivity index (χ3v) is 7.43. The molecule has 1 aliphatic carbocycles. The number of halogens is 2. The van der Waals surface area contributed by atoms with Crippen LogP contribution in [0.5, 0.6) is 5.75 Å². The molecule has 2 aromatic heterocycles. The van der Waals surface area contributed by atoms with Gasteiger partial charge < -0.3 is 10.5 Å². The fraction of sp³-hybridized carbons (Fsp3) is 0.393. The minimum atomic E-state index is -2.87. The van der Waals surface area contributed by atoms with Crippen molar-refractivity contribution in [2.45, 2.75) is 63.4 Å². The summed E-state index contributed by atoms with van der Waals surface area (Å²) in [5.74, 6) is 1.77. The Kier molecular flexibility index (Phi) is 7.39. The maximum absolute atomic E-state index is 12.9. The SMILES string of the molecule is Nc1cc(C(CCCC2CCC(c3ccccc3)CC2)c2cccc(OC(F)F)c2)c2n[nH]nc2n1. The van der Waals surface area contributed by atoms with Gasteiger partial charge in [-0.1, -0.05) is 55.3 Å². The highest BCUT2D eigenvalue weighted by Gasteiger charge is 2.24. The molecule has 1 saturated carbocycles. The molecule has 1 aliphatic rings. The Balaban J connectivity index is 1.31. The molecule has 1 atom stereocenters. The first-order valence-electron chi connectivity index (χ1n) is 12.6. The van der Waals surface area contributed by atoms with E-state index in [1.807, 2.05) is 12.1 Å². The van der Waals surface area contributed by atoms with E-state index in [9.17, 15) is 8.78 Å². The number of nitrogens with one attached hydrogen (secondary N) is 1. The van der Waals surface area contributed by atoms with Crippen molar-refractivity contribution in [3.05, 3.63) is 77.4 Å². The van der Waals surface area contributed by atoms with Gasteiger partial charge in [0.25, 0.3) is 0 Å². The van der Waals surface area contributed by atoms with Crippen LogP contribution in [0.4, 0.5) is 14.6 Å². The lowest BCUT2D eigenvalue weighted by Crippen LogP contribution is -2.14. The second kappa shape index (κ2) is 11.0. The third-order valence-electron chi connectivity index (χ3n) is 7.43. The Hall–Kier alpha value is -3.55. The number of hydrogen-bond donors (Lipinski definition) is 2. The van der Waals surface area contributed by atoms with Crippen molar-refractivity contribution >= 4 is 17.0 Å². The van der Waals surface area contributed by atoms with E-state index in [0.29, 0.717) is 28.8 Å². The molecule has 0 amide bonds. The highest BCUT2D eigenvalue weighted by atomic mass is 19.3. The van der Waals surface area contributed by atoms with Crippen LogP contribution in [0, 0.1) is 5.92 Å². The summed E-state index contributed by atoms with van der Waals surface area (Å²) in [5, 5.41) is 11.0. The smallest absolute Gasteiger partial charge is 0.387 e. The number of nitrogens with zero attached hydrogens (tertiary/aromatic N) is 3. The molecule has 5 rings (SSSR count). The molecule has 36 heavy (non-hydrogen) atoms. The molecule has 2 aromatic carbocycles. The number of nitrogen functional groups attached to an aromatic ring is 1. The molecule has 0 spiro atoms. The van der Waals surface area contributed by atoms with E-state index in [-0.39, 0.29) is 11.7 Å². The lowest BCUT2D eigenvalue weighted by atomic mass is 9.76. The number of ether oxygens (including phenoxy) is 1. The van der Waals surface area contributed by atoms with E-state index >= 15 is 0 Å². The average molecular weight is 492 g/mol. The van der Waals surface area contributed by atoms with E-state index in [4.69, 9.17) is 5.73 Å². The Bertz CT molecular complexity index is 1270. The van der Waals surface area contributed by atoms with Crippen molar-refractivity contribution in [3.63, 3.8) is 0 Å². The first-order valence-corrected chi connectivity index (χ1v) is 12.6. The molecule has 0 saturated heterocycles. The monoisotopic (exact) mass is 491 g/mol. The Morgan fingerprint density at radius 1 is 0.972 bits per heavy atom. The summed E-state index contributed by atoms with van der Waals surface area (Å²) in [6.45, 7) is -2.87. The van der Waals surface area contributed by atoms with Gasteiger partial charge in [-0.05, 0) is 78.8 Å². The molecule has 3 N–H and O–H groups in total. The van der Waals surface area contributed by atoms with Crippen molar-refractivity contribution in [2.24, 2.45) is 5.92 Å². The number of nitrogens with two attached hydrogens (primary N) is 1. The first kappa shape index (κ1) is 24.2. The number of rotatable bonds is 9. The van der Waals surface area contributed by atoms with Gasteiger partial charge in [0.2, 0.25) is 5.65 Å². The predicted octanol–water partition coefficient (Wildman–Crippen LogP) is 6.81. The van der Waals surface area contributed by atoms with Gasteiger partial charge >= 0.3 is 6.61 Å². The number of fused-ring (bicyclic) bond motifs is 1. The summed E-state index contributed by atoms with van der Waals surface area (Å²) in [7, 11) is 0. The molecular weight excluding hydrogens is 460 g/mol. The molecular formula is C28H31F2N5O. The highest BCUT2D eigenvalue weighted by Crippen LogP contribution is 2.40. The number of alkyl halides is 2. The molecule has 2 heterocycles. The summed E-state index contributed by atoms with van der Waals surface area (Å²) in [4.78, 5) is 4.26. The average Bonchev–Trinajstić information content (AvgIpc) is 3.35. The lowest BCUT2D eigenvalue weighted by molar-refractivity contribution is -0.0498. The van der Waals surface area contributed by atoms with E-state index in [1.165, 1.54) is 31.2 Å². The maximum Gasteiger partial charge on any atom is 0.387 e. The van der Waals surface area contributed by atoms with Crippen molar-refractivity contribution in [2.75, 3.05) is 5.73 Å².